The minimum absolute atomic E-state index is 0.144. The van der Waals surface area contributed by atoms with Crippen molar-refractivity contribution in [1.82, 2.24) is 14.1 Å². The van der Waals surface area contributed by atoms with Crippen LogP contribution in [0, 0.1) is 6.92 Å². The molecule has 0 unspecified atom stereocenters. The van der Waals surface area contributed by atoms with E-state index in [1.807, 2.05) is 6.92 Å². The number of hydrogen-bond donors (Lipinski definition) is 2. The van der Waals surface area contributed by atoms with Crippen molar-refractivity contribution in [2.45, 2.75) is 21.1 Å². The molecule has 0 amide bonds. The van der Waals surface area contributed by atoms with Gasteiger partial charge >= 0.3 is 0 Å². The van der Waals surface area contributed by atoms with Crippen LogP contribution in [0.1, 0.15) is 5.82 Å². The first-order valence-corrected chi connectivity index (χ1v) is 8.31. The summed E-state index contributed by atoms with van der Waals surface area (Å²) < 4.78 is 30.4. The normalized spacial score (nSPS) is 11.7. The fourth-order valence-corrected chi connectivity index (χ4v) is 3.72. The van der Waals surface area contributed by atoms with E-state index >= 15 is 0 Å². The van der Waals surface area contributed by atoms with Gasteiger partial charge in [-0.2, -0.15) is 4.37 Å². The molecule has 0 saturated carbocycles. The van der Waals surface area contributed by atoms with Gasteiger partial charge in [0.15, 0.2) is 4.34 Å². The Kier molecular flexibility index (Phi) is 4.09. The smallest absolute Gasteiger partial charge is 0.240 e. The van der Waals surface area contributed by atoms with Crippen LogP contribution in [0.4, 0.5) is 5.69 Å². The molecule has 1 aromatic carbocycles. The molecule has 19 heavy (non-hydrogen) atoms. The number of anilines is 1. The van der Waals surface area contributed by atoms with Crippen LogP contribution in [0.25, 0.3) is 0 Å². The van der Waals surface area contributed by atoms with Crippen LogP contribution in [0.15, 0.2) is 32.3 Å². The molecule has 0 aliphatic heterocycles. The minimum atomic E-state index is -3.47. The predicted molar refractivity (Wildman–Crippen MR) is 75.9 cm³/mol. The summed E-state index contributed by atoms with van der Waals surface area (Å²) in [6.45, 7) is 1.81. The minimum Gasteiger partial charge on any atom is -0.398 e. The summed E-state index contributed by atoms with van der Waals surface area (Å²) in [6.07, 6.45) is 0. The van der Waals surface area contributed by atoms with E-state index in [0.29, 0.717) is 11.5 Å². The second kappa shape index (κ2) is 5.45. The topological polar surface area (TPSA) is 98.0 Å². The molecular weight excluding hydrogens is 304 g/mol. The Morgan fingerprint density at radius 3 is 2.68 bits per heavy atom. The Labute approximate surface area is 119 Å². The van der Waals surface area contributed by atoms with Crippen molar-refractivity contribution in [2.24, 2.45) is 0 Å². The highest BCUT2D eigenvalue weighted by molar-refractivity contribution is 8.01. The zero-order chi connectivity index (χ0) is 14.0. The molecule has 0 saturated heterocycles. The van der Waals surface area contributed by atoms with Crippen LogP contribution in [0.3, 0.4) is 0 Å². The van der Waals surface area contributed by atoms with Crippen molar-refractivity contribution in [1.29, 1.82) is 0 Å². The van der Waals surface area contributed by atoms with E-state index in [2.05, 4.69) is 14.1 Å². The van der Waals surface area contributed by atoms with Gasteiger partial charge in [0.25, 0.3) is 0 Å². The fraction of sp³-hybridized carbons (Fsp3) is 0.200. The van der Waals surface area contributed by atoms with Crippen LogP contribution in [-0.4, -0.2) is 24.8 Å². The van der Waals surface area contributed by atoms with E-state index in [1.54, 1.807) is 6.07 Å². The van der Waals surface area contributed by atoms with Crippen molar-refractivity contribution < 1.29 is 8.42 Å². The Morgan fingerprint density at radius 2 is 2.16 bits per heavy atom. The summed E-state index contributed by atoms with van der Waals surface area (Å²) in [5.41, 5.74) is 6.27. The Balaban J connectivity index is 2.30. The highest BCUT2D eigenvalue weighted by Gasteiger charge is 2.14. The van der Waals surface area contributed by atoms with Gasteiger partial charge in [-0.05, 0) is 43.7 Å². The highest BCUT2D eigenvalue weighted by Crippen LogP contribution is 2.34. The van der Waals surface area contributed by atoms with Crippen LogP contribution in [0.2, 0.25) is 0 Å². The average molecular weight is 316 g/mol. The number of hydrogen-bond acceptors (Lipinski definition) is 7. The maximum absolute atomic E-state index is 11.6. The van der Waals surface area contributed by atoms with E-state index in [1.165, 1.54) is 42.5 Å². The largest absolute Gasteiger partial charge is 0.398 e. The number of rotatable bonds is 4. The van der Waals surface area contributed by atoms with E-state index in [0.717, 1.165) is 9.24 Å². The van der Waals surface area contributed by atoms with Crippen molar-refractivity contribution >= 4 is 39.0 Å². The summed E-state index contributed by atoms with van der Waals surface area (Å²) in [5, 5.41) is 0. The molecule has 1 heterocycles. The standard InChI is InChI=1S/C10H12N4O2S3/c1-6-13-10(18-14-6)17-9-4-3-7(5-8(9)11)19(15,16)12-2/h3-5,12H,11H2,1-2H3. The fourth-order valence-electron chi connectivity index (χ4n) is 1.32. The van der Waals surface area contributed by atoms with Crippen LogP contribution >= 0.6 is 23.3 Å². The molecule has 9 heteroatoms. The van der Waals surface area contributed by atoms with Crippen LogP contribution in [0.5, 0.6) is 0 Å². The molecule has 3 N–H and O–H groups in total. The molecule has 6 nitrogen and oxygen atoms in total. The summed E-state index contributed by atoms with van der Waals surface area (Å²) in [4.78, 5) is 5.12. The molecule has 0 fully saturated rings. The lowest BCUT2D eigenvalue weighted by atomic mass is 10.3. The van der Waals surface area contributed by atoms with E-state index in [-0.39, 0.29) is 4.90 Å². The summed E-state index contributed by atoms with van der Waals surface area (Å²) in [5.74, 6) is 0.709. The predicted octanol–water partition coefficient (Wildman–Crippen LogP) is 1.49. The number of nitrogens with one attached hydrogen (secondary N) is 1. The molecular formula is C10H12N4O2S3. The van der Waals surface area contributed by atoms with Gasteiger partial charge < -0.3 is 5.73 Å². The Bertz CT molecular complexity index is 697. The quantitative estimate of drug-likeness (QED) is 0.829. The van der Waals surface area contributed by atoms with E-state index in [9.17, 15) is 8.42 Å². The molecule has 2 aromatic rings. The molecule has 0 aliphatic rings. The van der Waals surface area contributed by atoms with Crippen molar-refractivity contribution in [3.05, 3.63) is 24.0 Å². The third kappa shape index (κ3) is 3.24. The molecule has 0 spiro atoms. The lowest BCUT2D eigenvalue weighted by Crippen LogP contribution is -2.18. The first-order valence-electron chi connectivity index (χ1n) is 5.23. The van der Waals surface area contributed by atoms with Gasteiger partial charge in [-0.15, -0.1) is 0 Å². The molecule has 0 aliphatic carbocycles. The van der Waals surface area contributed by atoms with Crippen molar-refractivity contribution in [2.75, 3.05) is 12.8 Å². The monoisotopic (exact) mass is 316 g/mol. The molecule has 1 aromatic heterocycles. The van der Waals surface area contributed by atoms with Gasteiger partial charge in [0.1, 0.15) is 5.82 Å². The lowest BCUT2D eigenvalue weighted by molar-refractivity contribution is 0.588. The molecule has 0 atom stereocenters. The molecule has 2 rings (SSSR count). The van der Waals surface area contributed by atoms with Crippen molar-refractivity contribution in [3.8, 4) is 0 Å². The van der Waals surface area contributed by atoms with E-state index < -0.39 is 10.0 Å². The SMILES string of the molecule is CNS(=O)(=O)c1ccc(Sc2nc(C)ns2)c(N)c1. The molecule has 0 radical (unpaired) electrons. The number of nitrogens with two attached hydrogens (primary N) is 1. The van der Waals surface area contributed by atoms with Crippen molar-refractivity contribution in [3.63, 3.8) is 0 Å². The van der Waals surface area contributed by atoms with Crippen LogP contribution in [-0.2, 0) is 10.0 Å². The number of aryl methyl sites for hydroxylation is 1. The number of benzene rings is 1. The number of sulfonamides is 1. The molecule has 102 valence electrons. The lowest BCUT2D eigenvalue weighted by Gasteiger charge is -2.06. The van der Waals surface area contributed by atoms with Gasteiger partial charge in [0.2, 0.25) is 10.0 Å². The Morgan fingerprint density at radius 1 is 1.42 bits per heavy atom. The third-order valence-electron chi connectivity index (χ3n) is 2.27. The maximum Gasteiger partial charge on any atom is 0.240 e. The molecule has 0 bridgehead atoms. The van der Waals surface area contributed by atoms with Gasteiger partial charge in [-0.1, -0.05) is 11.8 Å². The Hall–Kier alpha value is -1.16. The van der Waals surface area contributed by atoms with Gasteiger partial charge in [-0.3, -0.25) is 0 Å². The van der Waals surface area contributed by atoms with E-state index in [4.69, 9.17) is 5.73 Å². The summed E-state index contributed by atoms with van der Waals surface area (Å²) in [6, 6.07) is 4.61. The second-order valence-corrected chi connectivity index (χ2v) is 7.54. The first kappa shape index (κ1) is 14.3. The number of aromatic nitrogens is 2. The summed E-state index contributed by atoms with van der Waals surface area (Å²) in [7, 11) is -2.11. The maximum atomic E-state index is 11.6. The average Bonchev–Trinajstić information content (AvgIpc) is 2.77. The van der Waals surface area contributed by atoms with Crippen LogP contribution < -0.4 is 10.5 Å². The van der Waals surface area contributed by atoms with Gasteiger partial charge in [0, 0.05) is 10.6 Å². The zero-order valence-corrected chi connectivity index (χ0v) is 12.7. The van der Waals surface area contributed by atoms with Gasteiger partial charge in [0.05, 0.1) is 4.90 Å². The third-order valence-corrected chi connectivity index (χ3v) is 5.61. The second-order valence-electron chi connectivity index (χ2n) is 3.62. The number of nitrogen functional groups attached to an aromatic ring is 1. The zero-order valence-electron chi connectivity index (χ0n) is 10.2. The summed E-state index contributed by atoms with van der Waals surface area (Å²) >= 11 is 2.65. The first-order chi connectivity index (χ1) is 8.92. The highest BCUT2D eigenvalue weighted by atomic mass is 32.2. The number of nitrogens with zero attached hydrogens (tertiary/aromatic N) is 2. The van der Waals surface area contributed by atoms with Gasteiger partial charge in [-0.25, -0.2) is 18.1 Å².